The predicted molar refractivity (Wildman–Crippen MR) is 130 cm³/mol. The topological polar surface area (TPSA) is 41.9 Å². The smallest absolute Gasteiger partial charge is 0.165 e. The van der Waals surface area contributed by atoms with Crippen LogP contribution in [-0.4, -0.2) is 49.0 Å². The molecule has 0 radical (unpaired) electrons. The largest absolute Gasteiger partial charge is 0.493 e. The molecule has 4 aliphatic rings. The fourth-order valence-corrected chi connectivity index (χ4v) is 7.89. The molecule has 2 aromatic rings. The number of piperidine rings is 1. The third kappa shape index (κ3) is 3.03. The van der Waals surface area contributed by atoms with Crippen LogP contribution in [0.25, 0.3) is 0 Å². The van der Waals surface area contributed by atoms with E-state index in [9.17, 15) is 5.11 Å². The number of likely N-dealkylation sites (N-methyl/N-ethyl adjacent to an activating group) is 1. The van der Waals surface area contributed by atoms with Crippen LogP contribution >= 0.6 is 0 Å². The molecule has 4 heteroatoms. The van der Waals surface area contributed by atoms with Crippen molar-refractivity contribution in [3.63, 3.8) is 0 Å². The first kappa shape index (κ1) is 21.5. The lowest BCUT2D eigenvalue weighted by Gasteiger charge is -2.62. The lowest BCUT2D eigenvalue weighted by atomic mass is 9.46. The average molecular weight is 448 g/mol. The van der Waals surface area contributed by atoms with Gasteiger partial charge in [0.05, 0.1) is 13.2 Å². The Labute approximate surface area is 197 Å². The minimum Gasteiger partial charge on any atom is -0.493 e. The molecule has 176 valence electrons. The van der Waals surface area contributed by atoms with Gasteiger partial charge in [0, 0.05) is 17.0 Å². The van der Waals surface area contributed by atoms with E-state index in [1.165, 1.54) is 16.7 Å². The number of hydrogen-bond acceptors (Lipinski definition) is 4. The van der Waals surface area contributed by atoms with Crippen LogP contribution in [0, 0.1) is 11.3 Å². The van der Waals surface area contributed by atoms with Gasteiger partial charge in [-0.3, -0.25) is 0 Å². The summed E-state index contributed by atoms with van der Waals surface area (Å²) >= 11 is 0. The number of aliphatic hydroxyl groups excluding tert-OH is 1. The Morgan fingerprint density at radius 3 is 2.76 bits per heavy atom. The molecule has 0 aromatic heterocycles. The SMILES string of the molecule is COc1ccc2c3c1OC1C(O)C(C)(CCCCc4ccccc4)C[C@H]4[C@@H](C2)N(C)CC[C@]314. The van der Waals surface area contributed by atoms with Gasteiger partial charge in [-0.05, 0) is 80.6 Å². The van der Waals surface area contributed by atoms with Gasteiger partial charge in [-0.2, -0.15) is 0 Å². The highest BCUT2D eigenvalue weighted by Crippen LogP contribution is 2.66. The van der Waals surface area contributed by atoms with Crippen LogP contribution in [0.15, 0.2) is 42.5 Å². The first-order valence-corrected chi connectivity index (χ1v) is 12.8. The lowest BCUT2D eigenvalue weighted by Crippen LogP contribution is -2.69. The van der Waals surface area contributed by atoms with Gasteiger partial charge < -0.3 is 19.5 Å². The van der Waals surface area contributed by atoms with Gasteiger partial charge in [-0.1, -0.05) is 49.7 Å². The van der Waals surface area contributed by atoms with E-state index in [4.69, 9.17) is 9.47 Å². The van der Waals surface area contributed by atoms with Gasteiger partial charge in [-0.15, -0.1) is 0 Å². The quantitative estimate of drug-likeness (QED) is 0.649. The fourth-order valence-electron chi connectivity index (χ4n) is 7.89. The highest BCUT2D eigenvalue weighted by molar-refractivity contribution is 5.61. The summed E-state index contributed by atoms with van der Waals surface area (Å²) in [7, 11) is 4.02. The summed E-state index contributed by atoms with van der Waals surface area (Å²) in [5.41, 5.74) is 3.98. The number of nitrogens with zero attached hydrogens (tertiary/aromatic N) is 1. The highest BCUT2D eigenvalue weighted by Gasteiger charge is 2.69. The number of likely N-dealkylation sites (tertiary alicyclic amines) is 1. The number of methoxy groups -OCH3 is 1. The zero-order valence-electron chi connectivity index (χ0n) is 20.2. The van der Waals surface area contributed by atoms with E-state index >= 15 is 0 Å². The summed E-state index contributed by atoms with van der Waals surface area (Å²) < 4.78 is 12.5. The third-order valence-corrected chi connectivity index (χ3v) is 9.64. The van der Waals surface area contributed by atoms with Crippen molar-refractivity contribution < 1.29 is 14.6 Å². The van der Waals surface area contributed by atoms with Crippen molar-refractivity contribution in [1.82, 2.24) is 4.90 Å². The Hall–Kier alpha value is -2.04. The molecule has 1 N–H and O–H groups in total. The number of aryl methyl sites for hydroxylation is 1. The molecule has 33 heavy (non-hydrogen) atoms. The number of ether oxygens (including phenoxy) is 2. The monoisotopic (exact) mass is 447 g/mol. The molecule has 0 amide bonds. The zero-order valence-corrected chi connectivity index (χ0v) is 20.2. The molecule has 6 atom stereocenters. The van der Waals surface area contributed by atoms with Crippen LogP contribution in [0.2, 0.25) is 0 Å². The average Bonchev–Trinajstić information content (AvgIpc) is 3.17. The molecular formula is C29H37NO3. The Morgan fingerprint density at radius 2 is 1.97 bits per heavy atom. The third-order valence-electron chi connectivity index (χ3n) is 9.64. The van der Waals surface area contributed by atoms with E-state index in [2.05, 4.69) is 61.3 Å². The van der Waals surface area contributed by atoms with E-state index in [0.717, 1.165) is 63.0 Å². The Kier molecular flexibility index (Phi) is 5.04. The molecule has 2 bridgehead atoms. The summed E-state index contributed by atoms with van der Waals surface area (Å²) in [6, 6.07) is 15.6. The second-order valence-corrected chi connectivity index (χ2v) is 11.3. The second kappa shape index (κ2) is 7.74. The van der Waals surface area contributed by atoms with Crippen molar-refractivity contribution in [3.05, 3.63) is 59.2 Å². The first-order chi connectivity index (χ1) is 16.0. The van der Waals surface area contributed by atoms with E-state index in [0.29, 0.717) is 12.0 Å². The number of aliphatic hydroxyl groups is 1. The van der Waals surface area contributed by atoms with Gasteiger partial charge in [0.1, 0.15) is 6.10 Å². The van der Waals surface area contributed by atoms with Crippen molar-refractivity contribution in [2.75, 3.05) is 20.7 Å². The number of benzene rings is 2. The molecule has 2 aromatic carbocycles. The molecule has 6 rings (SSSR count). The number of unbranched alkanes of at least 4 members (excludes halogenated alkanes) is 1. The summed E-state index contributed by atoms with van der Waals surface area (Å²) in [5.74, 6) is 2.26. The molecular weight excluding hydrogens is 410 g/mol. The molecule has 1 saturated heterocycles. The molecule has 2 aliphatic heterocycles. The summed E-state index contributed by atoms with van der Waals surface area (Å²) in [6.07, 6.45) is 7.03. The van der Waals surface area contributed by atoms with Crippen LogP contribution in [0.3, 0.4) is 0 Å². The van der Waals surface area contributed by atoms with Crippen molar-refractivity contribution >= 4 is 0 Å². The summed E-state index contributed by atoms with van der Waals surface area (Å²) in [4.78, 5) is 2.58. The van der Waals surface area contributed by atoms with Crippen LogP contribution < -0.4 is 9.47 Å². The first-order valence-electron chi connectivity index (χ1n) is 12.8. The molecule has 2 heterocycles. The van der Waals surface area contributed by atoms with E-state index in [1.807, 2.05) is 0 Å². The second-order valence-electron chi connectivity index (χ2n) is 11.3. The van der Waals surface area contributed by atoms with Crippen molar-refractivity contribution in [1.29, 1.82) is 0 Å². The van der Waals surface area contributed by atoms with Gasteiger partial charge in [0.2, 0.25) is 0 Å². The number of rotatable bonds is 6. The fraction of sp³-hybridized carbons (Fsp3) is 0.586. The molecule has 2 aliphatic carbocycles. The van der Waals surface area contributed by atoms with Gasteiger partial charge >= 0.3 is 0 Å². The van der Waals surface area contributed by atoms with Crippen LogP contribution in [0.4, 0.5) is 0 Å². The van der Waals surface area contributed by atoms with Gasteiger partial charge in [-0.25, -0.2) is 0 Å². The Balaban J connectivity index is 1.30. The maximum Gasteiger partial charge on any atom is 0.165 e. The van der Waals surface area contributed by atoms with Crippen LogP contribution in [-0.2, 0) is 18.3 Å². The Morgan fingerprint density at radius 1 is 1.15 bits per heavy atom. The van der Waals surface area contributed by atoms with Crippen LogP contribution in [0.1, 0.15) is 55.7 Å². The van der Waals surface area contributed by atoms with Crippen molar-refractivity contribution in [3.8, 4) is 11.5 Å². The lowest BCUT2D eigenvalue weighted by molar-refractivity contribution is -0.161. The molecule has 4 nitrogen and oxygen atoms in total. The van der Waals surface area contributed by atoms with Gasteiger partial charge in [0.25, 0.3) is 0 Å². The van der Waals surface area contributed by atoms with Crippen LogP contribution in [0.5, 0.6) is 11.5 Å². The normalized spacial score (nSPS) is 36.2. The zero-order chi connectivity index (χ0) is 22.8. The molecule has 3 unspecified atom stereocenters. The van der Waals surface area contributed by atoms with Crippen molar-refractivity contribution in [2.24, 2.45) is 11.3 Å². The summed E-state index contributed by atoms with van der Waals surface area (Å²) in [5, 5.41) is 11.9. The predicted octanol–water partition coefficient (Wildman–Crippen LogP) is 4.75. The minimum absolute atomic E-state index is 0.0718. The molecule has 1 spiro atoms. The maximum atomic E-state index is 11.9. The Bertz CT molecular complexity index is 1040. The standard InChI is InChI=1S/C29H37NO3/c1-28(14-8-7-11-19-9-5-4-6-10-19)18-21-22-17-20-12-13-23(32-3)25-24(20)29(21,15-16-30(22)2)27(33-25)26(28)31/h4-6,9-10,12-13,21-22,26-27,31H,7-8,11,14-18H2,1-3H3/t21-,22+,26?,27?,28?,29-/m0/s1. The van der Waals surface area contributed by atoms with Gasteiger partial charge in [0.15, 0.2) is 11.5 Å². The summed E-state index contributed by atoms with van der Waals surface area (Å²) in [6.45, 7) is 3.39. The van der Waals surface area contributed by atoms with E-state index < -0.39 is 6.10 Å². The maximum absolute atomic E-state index is 11.9. The molecule has 2 fully saturated rings. The minimum atomic E-state index is -0.461. The highest BCUT2D eigenvalue weighted by atomic mass is 16.5. The number of hydrogen-bond donors (Lipinski definition) is 1. The van der Waals surface area contributed by atoms with E-state index in [1.54, 1.807) is 7.11 Å². The van der Waals surface area contributed by atoms with E-state index in [-0.39, 0.29) is 16.9 Å². The van der Waals surface area contributed by atoms with Crippen molar-refractivity contribution in [2.45, 2.75) is 75.5 Å². The molecule has 1 saturated carbocycles.